The molecule has 2 rings (SSSR count). The molecule has 1 aliphatic rings. The first-order valence-corrected chi connectivity index (χ1v) is 7.97. The van der Waals surface area contributed by atoms with E-state index >= 15 is 0 Å². The monoisotopic (exact) mass is 366 g/mol. The molecule has 1 fully saturated rings. The average molecular weight is 368 g/mol. The average Bonchev–Trinajstić information content (AvgIpc) is 2.85. The van der Waals surface area contributed by atoms with E-state index in [0.717, 1.165) is 35.2 Å². The summed E-state index contributed by atoms with van der Waals surface area (Å²) in [4.78, 5) is 0. The molecule has 0 bridgehead atoms. The lowest BCUT2D eigenvalue weighted by molar-refractivity contribution is 0.0863. The maximum Gasteiger partial charge on any atom is 0.137 e. The van der Waals surface area contributed by atoms with Gasteiger partial charge in [0.2, 0.25) is 0 Å². The van der Waals surface area contributed by atoms with Crippen molar-refractivity contribution < 1.29 is 9.47 Å². The van der Waals surface area contributed by atoms with Crippen molar-refractivity contribution in [1.29, 1.82) is 0 Å². The molecule has 0 aliphatic carbocycles. The summed E-state index contributed by atoms with van der Waals surface area (Å²) in [5.41, 5.74) is 0.928. The van der Waals surface area contributed by atoms with Crippen molar-refractivity contribution in [3.8, 4) is 5.75 Å². The molecule has 1 heterocycles. The number of methoxy groups -OCH3 is 1. The Hall–Kier alpha value is 0.0400. The normalized spacial score (nSPS) is 24.5. The molecule has 0 spiro atoms. The summed E-state index contributed by atoms with van der Waals surface area (Å²) in [5, 5.41) is 0.498. The van der Waals surface area contributed by atoms with E-state index in [1.54, 1.807) is 7.11 Å². The first-order valence-electron chi connectivity index (χ1n) is 6.37. The minimum Gasteiger partial charge on any atom is -0.495 e. The number of hydrogen-bond donors (Lipinski definition) is 0. The van der Waals surface area contributed by atoms with Gasteiger partial charge >= 0.3 is 0 Å². The van der Waals surface area contributed by atoms with Crippen LogP contribution in [0.2, 0.25) is 5.02 Å². The summed E-state index contributed by atoms with van der Waals surface area (Å²) in [6.45, 7) is 2.90. The van der Waals surface area contributed by atoms with E-state index in [1.165, 1.54) is 0 Å². The number of benzene rings is 1. The molecule has 5 heteroatoms. The summed E-state index contributed by atoms with van der Waals surface area (Å²) < 4.78 is 12.0. The quantitative estimate of drug-likeness (QED) is 0.680. The molecular formula is C14H17BrCl2O2. The fourth-order valence-corrected chi connectivity index (χ4v) is 4.10. The highest BCUT2D eigenvalue weighted by Crippen LogP contribution is 2.45. The van der Waals surface area contributed by atoms with Gasteiger partial charge in [-0.2, -0.15) is 0 Å². The fourth-order valence-electron chi connectivity index (χ4n) is 2.65. The number of ether oxygens (including phenoxy) is 2. The van der Waals surface area contributed by atoms with Gasteiger partial charge in [0.1, 0.15) is 5.75 Å². The van der Waals surface area contributed by atoms with Crippen LogP contribution >= 0.6 is 39.1 Å². The topological polar surface area (TPSA) is 18.5 Å². The second-order valence-electron chi connectivity index (χ2n) is 4.68. The Morgan fingerprint density at radius 1 is 1.53 bits per heavy atom. The maximum atomic E-state index is 6.67. The Labute approximate surface area is 132 Å². The van der Waals surface area contributed by atoms with E-state index in [0.29, 0.717) is 10.9 Å². The Morgan fingerprint density at radius 3 is 2.89 bits per heavy atom. The second-order valence-corrected chi connectivity index (χ2v) is 6.44. The molecule has 0 saturated carbocycles. The summed E-state index contributed by atoms with van der Waals surface area (Å²) in [6.07, 6.45) is 2.16. The number of hydrogen-bond acceptors (Lipinski definition) is 2. The smallest absolute Gasteiger partial charge is 0.137 e. The molecule has 1 saturated heterocycles. The number of halogens is 3. The fraction of sp³-hybridized carbons (Fsp3) is 0.571. The third kappa shape index (κ3) is 3.21. The predicted octanol–water partition coefficient (Wildman–Crippen LogP) is 5.21. The van der Waals surface area contributed by atoms with Crippen LogP contribution < -0.4 is 4.74 Å². The third-order valence-corrected chi connectivity index (χ3v) is 4.94. The Kier molecular flexibility index (Phi) is 5.41. The van der Waals surface area contributed by atoms with Crippen LogP contribution in [0, 0.1) is 5.92 Å². The number of alkyl halides is 1. The first kappa shape index (κ1) is 15.4. The van der Waals surface area contributed by atoms with Gasteiger partial charge in [-0.05, 0) is 40.9 Å². The van der Waals surface area contributed by atoms with Crippen molar-refractivity contribution >= 4 is 39.1 Å². The van der Waals surface area contributed by atoms with Gasteiger partial charge in [0, 0.05) is 23.1 Å². The molecule has 19 heavy (non-hydrogen) atoms. The molecule has 3 unspecified atom stereocenters. The molecule has 0 amide bonds. The molecule has 0 N–H and O–H groups in total. The van der Waals surface area contributed by atoms with Crippen molar-refractivity contribution in [3.05, 3.63) is 27.2 Å². The molecule has 1 aromatic carbocycles. The highest BCUT2D eigenvalue weighted by atomic mass is 79.9. The van der Waals surface area contributed by atoms with Crippen LogP contribution in [0.4, 0.5) is 0 Å². The van der Waals surface area contributed by atoms with Crippen molar-refractivity contribution in [1.82, 2.24) is 0 Å². The highest BCUT2D eigenvalue weighted by Gasteiger charge is 2.35. The molecule has 0 aromatic heterocycles. The maximum absolute atomic E-state index is 6.67. The van der Waals surface area contributed by atoms with Gasteiger partial charge in [-0.3, -0.25) is 0 Å². The lowest BCUT2D eigenvalue weighted by Gasteiger charge is -2.24. The van der Waals surface area contributed by atoms with Crippen molar-refractivity contribution in [2.24, 2.45) is 5.92 Å². The van der Waals surface area contributed by atoms with Gasteiger partial charge in [-0.1, -0.05) is 18.5 Å². The minimum absolute atomic E-state index is 0.155. The van der Waals surface area contributed by atoms with Crippen LogP contribution in [0.25, 0.3) is 0 Å². The van der Waals surface area contributed by atoms with Crippen LogP contribution in [0.1, 0.15) is 30.7 Å². The van der Waals surface area contributed by atoms with Crippen molar-refractivity contribution in [3.63, 3.8) is 0 Å². The lowest BCUT2D eigenvalue weighted by Crippen LogP contribution is -2.19. The molecule has 2 nitrogen and oxygen atoms in total. The van der Waals surface area contributed by atoms with Gasteiger partial charge in [0.25, 0.3) is 0 Å². The van der Waals surface area contributed by atoms with Crippen LogP contribution in [-0.2, 0) is 4.74 Å². The van der Waals surface area contributed by atoms with E-state index < -0.39 is 0 Å². The third-order valence-electron chi connectivity index (χ3n) is 3.58. The van der Waals surface area contributed by atoms with Gasteiger partial charge < -0.3 is 9.47 Å². The summed E-state index contributed by atoms with van der Waals surface area (Å²) in [6, 6.07) is 3.70. The number of rotatable bonds is 4. The van der Waals surface area contributed by atoms with E-state index in [1.807, 2.05) is 12.1 Å². The second kappa shape index (κ2) is 6.66. The van der Waals surface area contributed by atoms with E-state index in [9.17, 15) is 0 Å². The SMILES string of the molecule is CCC1OCCC1C(Cl)c1cc(Cl)cc(Br)c1OC. The zero-order chi connectivity index (χ0) is 14.0. The standard InChI is InChI=1S/C14H17BrCl2O2/c1-3-12-9(4-5-19-12)13(17)10-6-8(16)7-11(15)14(10)18-2/h6-7,9,12-13H,3-5H2,1-2H3. The zero-order valence-electron chi connectivity index (χ0n) is 11.0. The summed E-state index contributed by atoms with van der Waals surface area (Å²) in [5.74, 6) is 1.05. The van der Waals surface area contributed by atoms with Gasteiger partial charge in [-0.15, -0.1) is 11.6 Å². The van der Waals surface area contributed by atoms with Crippen molar-refractivity contribution in [2.45, 2.75) is 31.2 Å². The first-order chi connectivity index (χ1) is 9.08. The molecule has 106 valence electrons. The zero-order valence-corrected chi connectivity index (χ0v) is 14.1. The summed E-state index contributed by atoms with van der Waals surface area (Å²) in [7, 11) is 1.64. The van der Waals surface area contributed by atoms with E-state index in [2.05, 4.69) is 22.9 Å². The Bertz CT molecular complexity index is 453. The van der Waals surface area contributed by atoms with Crippen LogP contribution in [0.3, 0.4) is 0 Å². The Morgan fingerprint density at radius 2 is 2.26 bits per heavy atom. The molecular weight excluding hydrogens is 351 g/mol. The van der Waals surface area contributed by atoms with Crippen molar-refractivity contribution in [2.75, 3.05) is 13.7 Å². The molecule has 1 aromatic rings. The lowest BCUT2D eigenvalue weighted by atomic mass is 9.91. The Balaban J connectivity index is 2.35. The largest absolute Gasteiger partial charge is 0.495 e. The molecule has 1 aliphatic heterocycles. The van der Waals surface area contributed by atoms with Crippen LogP contribution in [0.5, 0.6) is 5.75 Å². The van der Waals surface area contributed by atoms with Crippen LogP contribution in [-0.4, -0.2) is 19.8 Å². The molecule has 0 radical (unpaired) electrons. The van der Waals surface area contributed by atoms with Gasteiger partial charge in [0.15, 0.2) is 0 Å². The predicted molar refractivity (Wildman–Crippen MR) is 82.4 cm³/mol. The molecule has 3 atom stereocenters. The summed E-state index contributed by atoms with van der Waals surface area (Å²) >= 11 is 16.3. The van der Waals surface area contributed by atoms with Gasteiger partial charge in [-0.25, -0.2) is 0 Å². The van der Waals surface area contributed by atoms with Gasteiger partial charge in [0.05, 0.1) is 23.1 Å². The van der Waals surface area contributed by atoms with E-state index in [-0.39, 0.29) is 11.5 Å². The minimum atomic E-state index is -0.155. The van der Waals surface area contributed by atoms with E-state index in [4.69, 9.17) is 32.7 Å². The highest BCUT2D eigenvalue weighted by molar-refractivity contribution is 9.10. The van der Waals surface area contributed by atoms with Crippen LogP contribution in [0.15, 0.2) is 16.6 Å².